The Labute approximate surface area is 127 Å². The second kappa shape index (κ2) is 6.77. The van der Waals surface area contributed by atoms with Gasteiger partial charge >= 0.3 is 0 Å². The van der Waals surface area contributed by atoms with Crippen LogP contribution in [0.25, 0.3) is 0 Å². The zero-order valence-corrected chi connectivity index (χ0v) is 13.1. The number of nitrogens with one attached hydrogen (secondary N) is 1. The van der Waals surface area contributed by atoms with Crippen LogP contribution < -0.4 is 10.1 Å². The molecule has 2 aromatic carbocycles. The Bertz CT molecular complexity index is 586. The molecule has 0 aliphatic rings. The highest BCUT2D eigenvalue weighted by Crippen LogP contribution is 2.25. The van der Waals surface area contributed by atoms with E-state index in [0.717, 1.165) is 27.0 Å². The van der Waals surface area contributed by atoms with Crippen LogP contribution in [-0.2, 0) is 0 Å². The Morgan fingerprint density at radius 2 is 2.00 bits per heavy atom. The zero-order valence-electron chi connectivity index (χ0n) is 11.6. The first-order valence-corrected chi connectivity index (χ1v) is 7.22. The van der Waals surface area contributed by atoms with Gasteiger partial charge in [-0.05, 0) is 42.3 Å². The number of hydrogen-bond acceptors (Lipinski definition) is 3. The van der Waals surface area contributed by atoms with Crippen LogP contribution in [0, 0.1) is 6.92 Å². The monoisotopic (exact) mass is 335 g/mol. The summed E-state index contributed by atoms with van der Waals surface area (Å²) in [5, 5.41) is 13.5. The van der Waals surface area contributed by atoms with Gasteiger partial charge in [0.1, 0.15) is 5.75 Å². The highest BCUT2D eigenvalue weighted by molar-refractivity contribution is 9.10. The summed E-state index contributed by atoms with van der Waals surface area (Å²) in [7, 11) is 1.62. The summed E-state index contributed by atoms with van der Waals surface area (Å²) < 4.78 is 6.22. The summed E-state index contributed by atoms with van der Waals surface area (Å²) in [6.07, 6.45) is -0.580. The van der Waals surface area contributed by atoms with Gasteiger partial charge in [-0.25, -0.2) is 0 Å². The van der Waals surface area contributed by atoms with E-state index in [-0.39, 0.29) is 0 Å². The van der Waals surface area contributed by atoms with Gasteiger partial charge < -0.3 is 15.2 Å². The summed E-state index contributed by atoms with van der Waals surface area (Å²) in [6.45, 7) is 2.48. The van der Waals surface area contributed by atoms with E-state index in [0.29, 0.717) is 6.54 Å². The average Bonchev–Trinajstić information content (AvgIpc) is 2.48. The van der Waals surface area contributed by atoms with E-state index >= 15 is 0 Å². The number of aliphatic hydroxyl groups is 1. The smallest absolute Gasteiger partial charge is 0.119 e. The molecule has 20 heavy (non-hydrogen) atoms. The van der Waals surface area contributed by atoms with Crippen molar-refractivity contribution in [1.29, 1.82) is 0 Å². The van der Waals surface area contributed by atoms with Crippen LogP contribution in [-0.4, -0.2) is 18.8 Å². The minimum absolute atomic E-state index is 0.449. The number of methoxy groups -OCH3 is 1. The summed E-state index contributed by atoms with van der Waals surface area (Å²) >= 11 is 3.50. The topological polar surface area (TPSA) is 41.5 Å². The molecule has 0 aliphatic carbocycles. The molecule has 4 heteroatoms. The summed E-state index contributed by atoms with van der Waals surface area (Å²) in [4.78, 5) is 0. The Morgan fingerprint density at radius 1 is 1.25 bits per heavy atom. The molecule has 2 rings (SSSR count). The minimum atomic E-state index is -0.580. The maximum atomic E-state index is 10.2. The lowest BCUT2D eigenvalue weighted by Gasteiger charge is -2.16. The lowest BCUT2D eigenvalue weighted by molar-refractivity contribution is 0.191. The molecule has 106 valence electrons. The molecule has 1 unspecified atom stereocenters. The maximum absolute atomic E-state index is 10.2. The zero-order chi connectivity index (χ0) is 14.5. The van der Waals surface area contributed by atoms with E-state index in [1.54, 1.807) is 7.11 Å². The number of ether oxygens (including phenoxy) is 1. The Kier molecular flexibility index (Phi) is 5.04. The Balaban J connectivity index is 2.04. The molecule has 0 heterocycles. The van der Waals surface area contributed by atoms with Gasteiger partial charge in [0.15, 0.2) is 0 Å². The van der Waals surface area contributed by atoms with Crippen molar-refractivity contribution in [2.75, 3.05) is 19.0 Å². The number of rotatable bonds is 5. The summed E-state index contributed by atoms with van der Waals surface area (Å²) in [5.41, 5.74) is 2.98. The van der Waals surface area contributed by atoms with Gasteiger partial charge in [0, 0.05) is 16.7 Å². The molecule has 1 atom stereocenters. The fraction of sp³-hybridized carbons (Fsp3) is 0.250. The van der Waals surface area contributed by atoms with Crippen LogP contribution in [0.15, 0.2) is 46.9 Å². The van der Waals surface area contributed by atoms with Crippen molar-refractivity contribution in [3.05, 3.63) is 58.1 Å². The molecular formula is C16H18BrNO2. The molecule has 0 bridgehead atoms. The fourth-order valence-electron chi connectivity index (χ4n) is 1.97. The van der Waals surface area contributed by atoms with Crippen molar-refractivity contribution >= 4 is 21.6 Å². The molecule has 0 radical (unpaired) electrons. The van der Waals surface area contributed by atoms with Gasteiger partial charge in [-0.3, -0.25) is 0 Å². The summed E-state index contributed by atoms with van der Waals surface area (Å²) in [6, 6.07) is 13.4. The SMILES string of the molecule is COc1cccc(C(O)CNc2cccc(Br)c2C)c1. The molecule has 0 fully saturated rings. The predicted molar refractivity (Wildman–Crippen MR) is 85.3 cm³/mol. The van der Waals surface area contributed by atoms with E-state index in [4.69, 9.17) is 4.74 Å². The molecular weight excluding hydrogens is 318 g/mol. The standard InChI is InChI=1S/C16H18BrNO2/c1-11-14(17)7-4-8-15(11)18-10-16(19)12-5-3-6-13(9-12)20-2/h3-9,16,18-19H,10H2,1-2H3. The predicted octanol–water partition coefficient (Wildman–Crippen LogP) is 3.91. The summed E-state index contributed by atoms with van der Waals surface area (Å²) in [5.74, 6) is 0.750. The van der Waals surface area contributed by atoms with Gasteiger partial charge in [-0.15, -0.1) is 0 Å². The normalized spacial score (nSPS) is 12.0. The van der Waals surface area contributed by atoms with Crippen molar-refractivity contribution in [1.82, 2.24) is 0 Å². The largest absolute Gasteiger partial charge is 0.497 e. The van der Waals surface area contributed by atoms with Crippen molar-refractivity contribution in [2.24, 2.45) is 0 Å². The third-order valence-corrected chi connectivity index (χ3v) is 4.09. The Morgan fingerprint density at radius 3 is 2.75 bits per heavy atom. The maximum Gasteiger partial charge on any atom is 0.119 e. The first-order chi connectivity index (χ1) is 9.61. The first kappa shape index (κ1) is 14.9. The van der Waals surface area contributed by atoms with Gasteiger partial charge in [-0.1, -0.05) is 34.1 Å². The molecule has 3 nitrogen and oxygen atoms in total. The second-order valence-electron chi connectivity index (χ2n) is 4.59. The number of hydrogen-bond donors (Lipinski definition) is 2. The highest BCUT2D eigenvalue weighted by atomic mass is 79.9. The van der Waals surface area contributed by atoms with E-state index in [1.807, 2.05) is 49.4 Å². The van der Waals surface area contributed by atoms with Gasteiger partial charge in [0.25, 0.3) is 0 Å². The number of benzene rings is 2. The van der Waals surface area contributed by atoms with Crippen LogP contribution in [0.4, 0.5) is 5.69 Å². The highest BCUT2D eigenvalue weighted by Gasteiger charge is 2.09. The third kappa shape index (κ3) is 3.52. The van der Waals surface area contributed by atoms with E-state index in [2.05, 4.69) is 21.2 Å². The number of anilines is 1. The minimum Gasteiger partial charge on any atom is -0.497 e. The van der Waals surface area contributed by atoms with Gasteiger partial charge in [0.2, 0.25) is 0 Å². The lowest BCUT2D eigenvalue weighted by Crippen LogP contribution is -2.13. The van der Waals surface area contributed by atoms with Crippen LogP contribution >= 0.6 is 15.9 Å². The van der Waals surface area contributed by atoms with Crippen LogP contribution in [0.3, 0.4) is 0 Å². The van der Waals surface area contributed by atoms with Crippen molar-refractivity contribution in [2.45, 2.75) is 13.0 Å². The quantitative estimate of drug-likeness (QED) is 0.870. The lowest BCUT2D eigenvalue weighted by atomic mass is 10.1. The van der Waals surface area contributed by atoms with E-state index in [1.165, 1.54) is 0 Å². The first-order valence-electron chi connectivity index (χ1n) is 6.43. The van der Waals surface area contributed by atoms with Gasteiger partial charge in [-0.2, -0.15) is 0 Å². The van der Waals surface area contributed by atoms with Crippen LogP contribution in [0.2, 0.25) is 0 Å². The van der Waals surface area contributed by atoms with Crippen molar-refractivity contribution in [3.63, 3.8) is 0 Å². The molecule has 2 N–H and O–H groups in total. The molecule has 0 aromatic heterocycles. The van der Waals surface area contributed by atoms with Crippen LogP contribution in [0.5, 0.6) is 5.75 Å². The Hall–Kier alpha value is -1.52. The van der Waals surface area contributed by atoms with Gasteiger partial charge in [0.05, 0.1) is 13.2 Å². The van der Waals surface area contributed by atoms with E-state index < -0.39 is 6.10 Å². The number of halogens is 1. The molecule has 0 spiro atoms. The fourth-order valence-corrected chi connectivity index (χ4v) is 2.34. The molecule has 0 saturated carbocycles. The molecule has 0 saturated heterocycles. The molecule has 0 aliphatic heterocycles. The average molecular weight is 336 g/mol. The molecule has 2 aromatic rings. The van der Waals surface area contributed by atoms with E-state index in [9.17, 15) is 5.11 Å². The van der Waals surface area contributed by atoms with Crippen molar-refractivity contribution in [3.8, 4) is 5.75 Å². The molecule has 0 amide bonds. The van der Waals surface area contributed by atoms with Crippen molar-refractivity contribution < 1.29 is 9.84 Å². The second-order valence-corrected chi connectivity index (χ2v) is 5.44. The third-order valence-electron chi connectivity index (χ3n) is 3.23. The number of aliphatic hydroxyl groups excluding tert-OH is 1. The van der Waals surface area contributed by atoms with Crippen LogP contribution in [0.1, 0.15) is 17.2 Å².